The number of carbonyl (C=O) groups is 1. The van der Waals surface area contributed by atoms with Crippen molar-refractivity contribution < 1.29 is 4.79 Å². The molecule has 1 aromatic carbocycles. The van der Waals surface area contributed by atoms with E-state index in [0.717, 1.165) is 17.8 Å². The molecular weight excluding hydrogens is 282 g/mol. The first-order valence-corrected chi connectivity index (χ1v) is 7.46. The van der Waals surface area contributed by atoms with Crippen molar-refractivity contribution in [3.8, 4) is 0 Å². The van der Waals surface area contributed by atoms with Gasteiger partial charge in [-0.1, -0.05) is 31.5 Å². The Labute approximate surface area is 131 Å². The maximum atomic E-state index is 11.7. The highest BCUT2D eigenvalue weighted by Gasteiger charge is 2.30. The third-order valence-electron chi connectivity index (χ3n) is 3.38. The fraction of sp³-hybridized carbons (Fsp3) is 0.438. The van der Waals surface area contributed by atoms with Gasteiger partial charge in [0.2, 0.25) is 0 Å². The van der Waals surface area contributed by atoms with Crippen LogP contribution in [0.5, 0.6) is 0 Å². The summed E-state index contributed by atoms with van der Waals surface area (Å²) in [6, 6.07) is 7.95. The average molecular weight is 303 g/mol. The van der Waals surface area contributed by atoms with Crippen LogP contribution in [0, 0.1) is 12.3 Å². The molecule has 0 amide bonds. The van der Waals surface area contributed by atoms with Crippen LogP contribution in [-0.4, -0.2) is 16.6 Å². The van der Waals surface area contributed by atoms with E-state index in [1.165, 1.54) is 5.56 Å². The molecule has 0 spiro atoms. The summed E-state index contributed by atoms with van der Waals surface area (Å²) >= 11 is 5.21. The van der Waals surface area contributed by atoms with Gasteiger partial charge in [-0.05, 0) is 43.1 Å². The molecule has 0 aromatic heterocycles. The van der Waals surface area contributed by atoms with Gasteiger partial charge in [0.25, 0.3) is 0 Å². The minimum Gasteiger partial charge on any atom is -0.331 e. The van der Waals surface area contributed by atoms with Crippen molar-refractivity contribution in [2.24, 2.45) is 10.5 Å². The van der Waals surface area contributed by atoms with E-state index in [9.17, 15) is 4.79 Å². The Morgan fingerprint density at radius 1 is 1.24 bits per heavy atom. The van der Waals surface area contributed by atoms with Crippen molar-refractivity contribution in [3.63, 3.8) is 0 Å². The highest BCUT2D eigenvalue weighted by Crippen LogP contribution is 2.31. The number of Topliss-reactive ketones (excluding diaryl/α,β-unsaturated/α-hetero) is 1. The smallest absolute Gasteiger partial charge is 0.191 e. The summed E-state index contributed by atoms with van der Waals surface area (Å²) in [6.07, 6.45) is 1.86. The van der Waals surface area contributed by atoms with Gasteiger partial charge in [0.15, 0.2) is 5.11 Å². The lowest BCUT2D eigenvalue weighted by molar-refractivity contribution is -0.120. The Balaban J connectivity index is 1.92. The lowest BCUT2D eigenvalue weighted by Crippen LogP contribution is -2.32. The van der Waals surface area contributed by atoms with Gasteiger partial charge in [-0.3, -0.25) is 10.2 Å². The van der Waals surface area contributed by atoms with E-state index in [0.29, 0.717) is 18.0 Å². The van der Waals surface area contributed by atoms with Gasteiger partial charge >= 0.3 is 0 Å². The van der Waals surface area contributed by atoms with Crippen molar-refractivity contribution in [2.45, 2.75) is 40.0 Å². The van der Waals surface area contributed by atoms with Crippen LogP contribution in [0.25, 0.3) is 0 Å². The highest BCUT2D eigenvalue weighted by atomic mass is 32.1. The summed E-state index contributed by atoms with van der Waals surface area (Å²) in [6.45, 7) is 6.21. The van der Waals surface area contributed by atoms with Crippen molar-refractivity contribution in [1.82, 2.24) is 5.43 Å². The van der Waals surface area contributed by atoms with E-state index in [1.54, 1.807) is 0 Å². The largest absolute Gasteiger partial charge is 0.331 e. The Morgan fingerprint density at radius 3 is 2.52 bits per heavy atom. The number of aryl methyl sites for hydroxylation is 1. The Kier molecular flexibility index (Phi) is 4.73. The van der Waals surface area contributed by atoms with Crippen molar-refractivity contribution in [3.05, 3.63) is 29.8 Å². The van der Waals surface area contributed by atoms with Crippen molar-refractivity contribution in [2.75, 3.05) is 5.32 Å². The molecule has 0 saturated heterocycles. The van der Waals surface area contributed by atoms with E-state index in [2.05, 4.69) is 29.7 Å². The molecule has 1 aliphatic carbocycles. The number of carbonyl (C=O) groups excluding carboxylic acids is 1. The van der Waals surface area contributed by atoms with E-state index in [-0.39, 0.29) is 11.2 Å². The zero-order valence-electron chi connectivity index (χ0n) is 12.7. The normalized spacial score (nSPS) is 19.4. The van der Waals surface area contributed by atoms with Gasteiger partial charge in [-0.25, -0.2) is 0 Å². The average Bonchev–Trinajstić information content (AvgIpc) is 2.37. The predicted molar refractivity (Wildman–Crippen MR) is 90.6 cm³/mol. The molecule has 0 heterocycles. The number of anilines is 1. The molecule has 2 N–H and O–H groups in total. The number of benzene rings is 1. The molecule has 21 heavy (non-hydrogen) atoms. The first-order valence-electron chi connectivity index (χ1n) is 7.05. The molecule has 0 aliphatic heterocycles. The van der Waals surface area contributed by atoms with Crippen LogP contribution >= 0.6 is 12.2 Å². The van der Waals surface area contributed by atoms with Crippen LogP contribution < -0.4 is 10.7 Å². The summed E-state index contributed by atoms with van der Waals surface area (Å²) in [5, 5.41) is 7.79. The maximum absolute atomic E-state index is 11.7. The zero-order valence-corrected chi connectivity index (χ0v) is 13.5. The summed E-state index contributed by atoms with van der Waals surface area (Å²) < 4.78 is 0. The minimum atomic E-state index is -0.0121. The van der Waals surface area contributed by atoms with Gasteiger partial charge in [-0.2, -0.15) is 5.10 Å². The molecule has 112 valence electrons. The number of hydrogen-bond acceptors (Lipinski definition) is 3. The summed E-state index contributed by atoms with van der Waals surface area (Å²) in [4.78, 5) is 11.7. The number of ketones is 1. The van der Waals surface area contributed by atoms with Crippen LogP contribution in [0.4, 0.5) is 5.69 Å². The van der Waals surface area contributed by atoms with E-state index < -0.39 is 0 Å². The van der Waals surface area contributed by atoms with E-state index >= 15 is 0 Å². The molecular formula is C16H21N3OS. The van der Waals surface area contributed by atoms with Crippen molar-refractivity contribution >= 4 is 34.5 Å². The number of hydrazone groups is 1. The molecule has 4 nitrogen and oxygen atoms in total. The van der Waals surface area contributed by atoms with E-state index in [1.807, 2.05) is 31.2 Å². The molecule has 1 aromatic rings. The minimum absolute atomic E-state index is 0.0121. The highest BCUT2D eigenvalue weighted by molar-refractivity contribution is 7.80. The number of hydrogen-bond donors (Lipinski definition) is 2. The quantitative estimate of drug-likeness (QED) is 0.649. The second-order valence-corrected chi connectivity index (χ2v) is 6.75. The maximum Gasteiger partial charge on any atom is 0.191 e. The van der Waals surface area contributed by atoms with Gasteiger partial charge in [0.05, 0.1) is 0 Å². The molecule has 1 saturated carbocycles. The summed E-state index contributed by atoms with van der Waals surface area (Å²) in [7, 11) is 0. The molecule has 0 atom stereocenters. The monoisotopic (exact) mass is 303 g/mol. The molecule has 1 aliphatic rings. The molecule has 1 fully saturated rings. The second kappa shape index (κ2) is 6.35. The van der Waals surface area contributed by atoms with Gasteiger partial charge in [0, 0.05) is 24.2 Å². The second-order valence-electron chi connectivity index (χ2n) is 6.34. The number of nitrogens with zero attached hydrogens (tertiary/aromatic N) is 1. The molecule has 5 heteroatoms. The lowest BCUT2D eigenvalue weighted by Gasteiger charge is -2.29. The van der Waals surface area contributed by atoms with Crippen LogP contribution in [0.3, 0.4) is 0 Å². The summed E-state index contributed by atoms with van der Waals surface area (Å²) in [5.74, 6) is 0.240. The van der Waals surface area contributed by atoms with Gasteiger partial charge < -0.3 is 5.32 Å². The van der Waals surface area contributed by atoms with Crippen LogP contribution in [-0.2, 0) is 4.79 Å². The molecule has 0 radical (unpaired) electrons. The number of nitrogens with one attached hydrogen (secondary N) is 2. The van der Waals surface area contributed by atoms with Crippen LogP contribution in [0.15, 0.2) is 29.4 Å². The zero-order chi connectivity index (χ0) is 15.5. The fourth-order valence-electron chi connectivity index (χ4n) is 2.51. The Morgan fingerprint density at radius 2 is 1.90 bits per heavy atom. The summed E-state index contributed by atoms with van der Waals surface area (Å²) in [5.41, 5.74) is 5.79. The first-order chi connectivity index (χ1) is 9.84. The van der Waals surface area contributed by atoms with Crippen LogP contribution in [0.2, 0.25) is 0 Å². The fourth-order valence-corrected chi connectivity index (χ4v) is 2.67. The van der Waals surface area contributed by atoms with Crippen LogP contribution in [0.1, 0.15) is 38.7 Å². The first kappa shape index (κ1) is 15.6. The lowest BCUT2D eigenvalue weighted by atomic mass is 9.76. The van der Waals surface area contributed by atoms with Gasteiger partial charge in [0.1, 0.15) is 5.78 Å². The third-order valence-corrected chi connectivity index (χ3v) is 3.58. The van der Waals surface area contributed by atoms with Gasteiger partial charge in [-0.15, -0.1) is 0 Å². The number of rotatable bonds is 2. The molecule has 2 rings (SSSR count). The van der Waals surface area contributed by atoms with E-state index in [4.69, 9.17) is 12.2 Å². The number of thiocarbonyl (C=S) groups is 1. The SMILES string of the molecule is Cc1ccc(NC(=S)NN=C2CC(=O)CC(C)(C)C2)cc1. The molecule has 0 unspecified atom stereocenters. The van der Waals surface area contributed by atoms with Crippen molar-refractivity contribution in [1.29, 1.82) is 0 Å². The molecule has 0 bridgehead atoms. The predicted octanol–water partition coefficient (Wildman–Crippen LogP) is 3.42. The topological polar surface area (TPSA) is 53.5 Å². The third kappa shape index (κ3) is 4.93. The standard InChI is InChI=1S/C16H21N3OS/c1-11-4-6-12(7-5-11)17-15(21)19-18-13-8-14(20)10-16(2,3)9-13/h4-7H,8-10H2,1-3H3,(H2,17,19,21). The Hall–Kier alpha value is -1.75. The Bertz CT molecular complexity index is 576.